The summed E-state index contributed by atoms with van der Waals surface area (Å²) < 4.78 is 5.16. The minimum absolute atomic E-state index is 0.0572. The molecule has 6 nitrogen and oxygen atoms in total. The first-order valence-electron chi connectivity index (χ1n) is 9.36. The van der Waals surface area contributed by atoms with E-state index in [4.69, 9.17) is 4.74 Å². The molecule has 6 heteroatoms. The molecule has 3 rings (SSSR count). The molecular formula is C22H24N2O4. The lowest BCUT2D eigenvalue weighted by Crippen LogP contribution is -2.30. The van der Waals surface area contributed by atoms with Gasteiger partial charge in [0.25, 0.3) is 5.91 Å². The second kappa shape index (κ2) is 8.69. The number of imide groups is 1. The molecule has 0 unspecified atom stereocenters. The summed E-state index contributed by atoms with van der Waals surface area (Å²) >= 11 is 0. The van der Waals surface area contributed by atoms with E-state index in [2.05, 4.69) is 0 Å². The molecule has 1 saturated heterocycles. The summed E-state index contributed by atoms with van der Waals surface area (Å²) in [7, 11) is 1.62. The number of rotatable bonds is 7. The summed E-state index contributed by atoms with van der Waals surface area (Å²) in [5.74, 6) is 0.450. The van der Waals surface area contributed by atoms with E-state index in [0.717, 1.165) is 16.9 Å². The zero-order valence-electron chi connectivity index (χ0n) is 16.2. The Balaban J connectivity index is 1.66. The third-order valence-electron chi connectivity index (χ3n) is 4.90. The molecule has 0 radical (unpaired) electrons. The van der Waals surface area contributed by atoms with Crippen LogP contribution < -0.4 is 4.74 Å². The van der Waals surface area contributed by atoms with Crippen LogP contribution >= 0.6 is 0 Å². The van der Waals surface area contributed by atoms with Gasteiger partial charge in [0.15, 0.2) is 0 Å². The van der Waals surface area contributed by atoms with Crippen molar-refractivity contribution >= 4 is 17.7 Å². The average Bonchev–Trinajstić information content (AvgIpc) is 3.04. The van der Waals surface area contributed by atoms with Crippen molar-refractivity contribution in [1.82, 2.24) is 9.80 Å². The van der Waals surface area contributed by atoms with Crippen LogP contribution in [-0.4, -0.2) is 41.2 Å². The van der Waals surface area contributed by atoms with Crippen LogP contribution in [0.25, 0.3) is 0 Å². The standard InChI is InChI=1S/C22H24N2O4/c1-3-23(14-16-6-10-19(28-2)11-7-16)22(27)18-8-4-17(5-9-18)15-24-20(25)12-13-21(24)26/h4-11H,3,12-15H2,1-2H3. The van der Waals surface area contributed by atoms with E-state index >= 15 is 0 Å². The fraction of sp³-hybridized carbons (Fsp3) is 0.318. The number of methoxy groups -OCH3 is 1. The minimum Gasteiger partial charge on any atom is -0.497 e. The fourth-order valence-electron chi connectivity index (χ4n) is 3.20. The maximum absolute atomic E-state index is 12.8. The van der Waals surface area contributed by atoms with Gasteiger partial charge in [-0.2, -0.15) is 0 Å². The number of hydrogen-bond donors (Lipinski definition) is 0. The number of hydrogen-bond acceptors (Lipinski definition) is 4. The van der Waals surface area contributed by atoms with E-state index in [-0.39, 0.29) is 37.1 Å². The quantitative estimate of drug-likeness (QED) is 0.693. The summed E-state index contributed by atoms with van der Waals surface area (Å²) in [5.41, 5.74) is 2.44. The molecule has 2 aromatic rings. The second-order valence-corrected chi connectivity index (χ2v) is 6.74. The molecule has 0 spiro atoms. The highest BCUT2D eigenvalue weighted by Gasteiger charge is 2.28. The largest absolute Gasteiger partial charge is 0.497 e. The molecule has 1 heterocycles. The van der Waals surface area contributed by atoms with Crippen molar-refractivity contribution < 1.29 is 19.1 Å². The molecule has 0 N–H and O–H groups in total. The molecule has 0 aromatic heterocycles. The lowest BCUT2D eigenvalue weighted by Gasteiger charge is -2.21. The summed E-state index contributed by atoms with van der Waals surface area (Å²) in [5, 5.41) is 0. The number of nitrogens with zero attached hydrogens (tertiary/aromatic N) is 2. The van der Waals surface area contributed by atoms with Crippen molar-refractivity contribution in [2.45, 2.75) is 32.9 Å². The van der Waals surface area contributed by atoms with Gasteiger partial charge in [-0.15, -0.1) is 0 Å². The first-order chi connectivity index (χ1) is 13.5. The molecule has 0 atom stereocenters. The topological polar surface area (TPSA) is 66.9 Å². The molecule has 2 aromatic carbocycles. The van der Waals surface area contributed by atoms with Gasteiger partial charge in [-0.25, -0.2) is 0 Å². The van der Waals surface area contributed by atoms with E-state index in [1.165, 1.54) is 4.90 Å². The molecule has 0 bridgehead atoms. The predicted octanol–water partition coefficient (Wildman–Crippen LogP) is 3.01. The molecular weight excluding hydrogens is 356 g/mol. The van der Waals surface area contributed by atoms with Gasteiger partial charge < -0.3 is 9.64 Å². The number of carbonyl (C=O) groups is 3. The Kier molecular flexibility index (Phi) is 6.09. The van der Waals surface area contributed by atoms with Gasteiger partial charge in [0, 0.05) is 31.5 Å². The highest BCUT2D eigenvalue weighted by molar-refractivity contribution is 6.01. The fourth-order valence-corrected chi connectivity index (χ4v) is 3.20. The van der Waals surface area contributed by atoms with Crippen molar-refractivity contribution in [2.24, 2.45) is 0 Å². The Labute approximate surface area is 164 Å². The maximum atomic E-state index is 12.8. The van der Waals surface area contributed by atoms with Crippen LogP contribution in [0.3, 0.4) is 0 Å². The third kappa shape index (κ3) is 4.39. The van der Waals surface area contributed by atoms with Gasteiger partial charge in [-0.3, -0.25) is 19.3 Å². The maximum Gasteiger partial charge on any atom is 0.254 e. The zero-order chi connectivity index (χ0) is 20.1. The summed E-state index contributed by atoms with van der Waals surface area (Å²) in [6, 6.07) is 14.7. The highest BCUT2D eigenvalue weighted by Crippen LogP contribution is 2.18. The van der Waals surface area contributed by atoms with Gasteiger partial charge >= 0.3 is 0 Å². The van der Waals surface area contributed by atoms with Crippen molar-refractivity contribution in [1.29, 1.82) is 0 Å². The van der Waals surface area contributed by atoms with E-state index in [0.29, 0.717) is 18.7 Å². The van der Waals surface area contributed by atoms with Crippen LogP contribution in [-0.2, 0) is 22.7 Å². The SMILES string of the molecule is CCN(Cc1ccc(OC)cc1)C(=O)c1ccc(CN2C(=O)CCC2=O)cc1. The van der Waals surface area contributed by atoms with Crippen LogP contribution in [0, 0.1) is 0 Å². The minimum atomic E-state index is -0.137. The zero-order valence-corrected chi connectivity index (χ0v) is 16.2. The molecule has 3 amide bonds. The predicted molar refractivity (Wildman–Crippen MR) is 105 cm³/mol. The van der Waals surface area contributed by atoms with Crippen LogP contribution in [0.2, 0.25) is 0 Å². The van der Waals surface area contributed by atoms with Crippen LogP contribution in [0.1, 0.15) is 41.3 Å². The monoisotopic (exact) mass is 380 g/mol. The molecule has 28 heavy (non-hydrogen) atoms. The van der Waals surface area contributed by atoms with Crippen LogP contribution in [0.15, 0.2) is 48.5 Å². The third-order valence-corrected chi connectivity index (χ3v) is 4.90. The van der Waals surface area contributed by atoms with E-state index < -0.39 is 0 Å². The Morgan fingerprint density at radius 3 is 2.07 bits per heavy atom. The second-order valence-electron chi connectivity index (χ2n) is 6.74. The van der Waals surface area contributed by atoms with E-state index in [1.807, 2.05) is 31.2 Å². The number of ether oxygens (including phenoxy) is 1. The first-order valence-corrected chi connectivity index (χ1v) is 9.36. The van der Waals surface area contributed by atoms with Gasteiger partial charge in [0.05, 0.1) is 13.7 Å². The first kappa shape index (κ1) is 19.6. The molecule has 1 fully saturated rings. The molecule has 0 aliphatic carbocycles. The normalized spacial score (nSPS) is 13.7. The van der Waals surface area contributed by atoms with E-state index in [1.54, 1.807) is 36.3 Å². The van der Waals surface area contributed by atoms with E-state index in [9.17, 15) is 14.4 Å². The number of likely N-dealkylation sites (tertiary alicyclic amines) is 1. The summed E-state index contributed by atoms with van der Waals surface area (Å²) in [6.07, 6.45) is 0.568. The van der Waals surface area contributed by atoms with Crippen molar-refractivity contribution in [2.75, 3.05) is 13.7 Å². The van der Waals surface area contributed by atoms with Crippen molar-refractivity contribution in [3.8, 4) is 5.75 Å². The lowest BCUT2D eigenvalue weighted by atomic mass is 10.1. The molecule has 1 aliphatic heterocycles. The number of benzene rings is 2. The smallest absolute Gasteiger partial charge is 0.254 e. The molecule has 0 saturated carbocycles. The Morgan fingerprint density at radius 1 is 0.964 bits per heavy atom. The Bertz CT molecular complexity index is 843. The summed E-state index contributed by atoms with van der Waals surface area (Å²) in [6.45, 7) is 3.30. The number of amides is 3. The van der Waals surface area contributed by atoms with Gasteiger partial charge in [-0.05, 0) is 42.3 Å². The molecule has 146 valence electrons. The summed E-state index contributed by atoms with van der Waals surface area (Å²) in [4.78, 5) is 39.4. The highest BCUT2D eigenvalue weighted by atomic mass is 16.5. The van der Waals surface area contributed by atoms with Crippen LogP contribution in [0.5, 0.6) is 5.75 Å². The van der Waals surface area contributed by atoms with Gasteiger partial charge in [0.1, 0.15) is 5.75 Å². The average molecular weight is 380 g/mol. The van der Waals surface area contributed by atoms with Crippen molar-refractivity contribution in [3.05, 3.63) is 65.2 Å². The molecule has 1 aliphatic rings. The lowest BCUT2D eigenvalue weighted by molar-refractivity contribution is -0.139. The Morgan fingerprint density at radius 2 is 1.54 bits per heavy atom. The van der Waals surface area contributed by atoms with Crippen molar-refractivity contribution in [3.63, 3.8) is 0 Å². The Hall–Kier alpha value is -3.15. The van der Waals surface area contributed by atoms with Crippen LogP contribution in [0.4, 0.5) is 0 Å². The van der Waals surface area contributed by atoms with Gasteiger partial charge in [-0.1, -0.05) is 24.3 Å². The van der Waals surface area contributed by atoms with Gasteiger partial charge in [0.2, 0.25) is 11.8 Å². The number of carbonyl (C=O) groups excluding carboxylic acids is 3.